The van der Waals surface area contributed by atoms with E-state index in [4.69, 9.17) is 14.2 Å². The number of rotatable bonds is 7. The van der Waals surface area contributed by atoms with Crippen LogP contribution in [0.25, 0.3) is 0 Å². The van der Waals surface area contributed by atoms with Crippen molar-refractivity contribution in [2.75, 3.05) is 13.2 Å². The van der Waals surface area contributed by atoms with Crippen molar-refractivity contribution in [1.82, 2.24) is 10.6 Å². The number of hydrogen-bond acceptors (Lipinski definition) is 11. The maximum Gasteiger partial charge on any atom is 0.254 e. The molecule has 1 aromatic rings. The predicted molar refractivity (Wildman–Crippen MR) is 112 cm³/mol. The van der Waals surface area contributed by atoms with Gasteiger partial charge in [-0.2, -0.15) is 0 Å². The molecule has 0 aromatic heterocycles. The Labute approximate surface area is 211 Å². The van der Waals surface area contributed by atoms with Crippen LogP contribution in [0.5, 0.6) is 0 Å². The summed E-state index contributed by atoms with van der Waals surface area (Å²) in [6, 6.07) is -3.28. The number of carbonyl (C=O) groups is 2. The number of ether oxygens (including phenoxy) is 3. The van der Waals surface area contributed by atoms with E-state index in [1.807, 2.05) is 5.32 Å². The Kier molecular flexibility index (Phi) is 9.61. The lowest BCUT2D eigenvalue weighted by molar-refractivity contribution is -0.334. The van der Waals surface area contributed by atoms with Gasteiger partial charge in [0.1, 0.15) is 42.7 Å². The van der Waals surface area contributed by atoms with Gasteiger partial charge < -0.3 is 55.5 Å². The van der Waals surface area contributed by atoms with Gasteiger partial charge in [0.25, 0.3) is 5.91 Å². The minimum absolute atomic E-state index is 0.0493. The van der Waals surface area contributed by atoms with Crippen molar-refractivity contribution < 1.29 is 72.0 Å². The summed E-state index contributed by atoms with van der Waals surface area (Å²) >= 11 is 0. The SMILES string of the molecule is CC(=O)N[C@@H]1[C@@H](O)[C@H](O[C@@H]2O[C@H](CO)[C@H](O)[C@H](NC(=O)c3cc(F)c(F)c(F)c3F)[C@H]2O)[C@@H](CO)O[C@H]1O. The van der Waals surface area contributed by atoms with E-state index in [2.05, 4.69) is 5.32 Å². The molecule has 0 spiro atoms. The summed E-state index contributed by atoms with van der Waals surface area (Å²) in [5.41, 5.74) is -1.31. The molecule has 2 aliphatic heterocycles. The highest BCUT2D eigenvalue weighted by atomic mass is 19.2. The fraction of sp³-hybridized carbons (Fsp3) is 0.619. The van der Waals surface area contributed by atoms with Crippen molar-refractivity contribution in [3.8, 4) is 0 Å². The molecule has 2 fully saturated rings. The molecule has 8 N–H and O–H groups in total. The molecule has 17 heteroatoms. The van der Waals surface area contributed by atoms with E-state index in [0.29, 0.717) is 0 Å². The average molecular weight is 558 g/mol. The molecule has 0 saturated carbocycles. The minimum atomic E-state index is -2.28. The molecule has 1 aromatic carbocycles. The Morgan fingerprint density at radius 2 is 1.50 bits per heavy atom. The van der Waals surface area contributed by atoms with Crippen molar-refractivity contribution in [3.63, 3.8) is 0 Å². The number of carbonyl (C=O) groups excluding carboxylic acids is 2. The molecule has 13 nitrogen and oxygen atoms in total. The normalized spacial score (nSPS) is 35.6. The predicted octanol–water partition coefficient (Wildman–Crippen LogP) is -3.26. The number of nitrogens with one attached hydrogen (secondary N) is 2. The molecule has 38 heavy (non-hydrogen) atoms. The quantitative estimate of drug-likeness (QED) is 0.0947. The van der Waals surface area contributed by atoms with Crippen molar-refractivity contribution >= 4 is 11.8 Å². The molecular formula is C21H26F4N2O11. The van der Waals surface area contributed by atoms with Crippen molar-refractivity contribution in [3.05, 3.63) is 34.9 Å². The van der Waals surface area contributed by atoms with Gasteiger partial charge in [-0.05, 0) is 6.07 Å². The first-order chi connectivity index (χ1) is 17.8. The molecule has 2 saturated heterocycles. The highest BCUT2D eigenvalue weighted by Gasteiger charge is 2.51. The first-order valence-electron chi connectivity index (χ1n) is 11.1. The van der Waals surface area contributed by atoms with Gasteiger partial charge in [-0.15, -0.1) is 0 Å². The molecule has 3 rings (SSSR count). The molecule has 0 bridgehead atoms. The maximum absolute atomic E-state index is 14.1. The van der Waals surface area contributed by atoms with Crippen LogP contribution in [0.4, 0.5) is 17.6 Å². The number of amides is 2. The molecule has 0 unspecified atom stereocenters. The van der Waals surface area contributed by atoms with E-state index < -0.39 is 115 Å². The molecule has 2 aliphatic rings. The van der Waals surface area contributed by atoms with Crippen LogP contribution in [0.15, 0.2) is 6.07 Å². The second-order valence-corrected chi connectivity index (χ2v) is 8.62. The summed E-state index contributed by atoms with van der Waals surface area (Å²) in [4.78, 5) is 24.0. The first-order valence-corrected chi connectivity index (χ1v) is 11.1. The summed E-state index contributed by atoms with van der Waals surface area (Å²) in [5.74, 6) is -10.7. The van der Waals surface area contributed by atoms with Gasteiger partial charge in [-0.3, -0.25) is 9.59 Å². The third kappa shape index (κ3) is 5.90. The summed E-state index contributed by atoms with van der Waals surface area (Å²) in [6.45, 7) is -0.708. The molecule has 0 radical (unpaired) electrons. The Bertz CT molecular complexity index is 1040. The highest BCUT2D eigenvalue weighted by molar-refractivity contribution is 5.94. The Morgan fingerprint density at radius 1 is 0.868 bits per heavy atom. The number of hydrogen-bond donors (Lipinski definition) is 8. The van der Waals surface area contributed by atoms with E-state index in [-0.39, 0.29) is 6.07 Å². The Morgan fingerprint density at radius 3 is 2.08 bits per heavy atom. The van der Waals surface area contributed by atoms with E-state index in [0.717, 1.165) is 6.92 Å². The van der Waals surface area contributed by atoms with Crippen LogP contribution < -0.4 is 10.6 Å². The van der Waals surface area contributed by atoms with Gasteiger partial charge in [0.2, 0.25) is 5.91 Å². The number of aliphatic hydroxyl groups excluding tert-OH is 6. The van der Waals surface area contributed by atoms with Crippen LogP contribution in [-0.4, -0.2) is 117 Å². The fourth-order valence-corrected chi connectivity index (χ4v) is 4.13. The highest BCUT2D eigenvalue weighted by Crippen LogP contribution is 2.29. The maximum atomic E-state index is 14.1. The summed E-state index contributed by atoms with van der Waals surface area (Å²) in [6.07, 6.45) is -14.1. The molecule has 2 amide bonds. The third-order valence-corrected chi connectivity index (χ3v) is 6.06. The van der Waals surface area contributed by atoms with Gasteiger partial charge in [0, 0.05) is 6.92 Å². The fourth-order valence-electron chi connectivity index (χ4n) is 4.13. The van der Waals surface area contributed by atoms with Crippen LogP contribution in [-0.2, 0) is 19.0 Å². The van der Waals surface area contributed by atoms with Gasteiger partial charge >= 0.3 is 0 Å². The number of aliphatic hydroxyl groups is 6. The van der Waals surface area contributed by atoms with E-state index in [1.54, 1.807) is 0 Å². The second-order valence-electron chi connectivity index (χ2n) is 8.62. The molecular weight excluding hydrogens is 532 g/mol. The zero-order chi connectivity index (χ0) is 28.5. The van der Waals surface area contributed by atoms with Gasteiger partial charge in [-0.25, -0.2) is 17.6 Å². The van der Waals surface area contributed by atoms with Crippen molar-refractivity contribution in [1.29, 1.82) is 0 Å². The molecule has 10 atom stereocenters. The monoisotopic (exact) mass is 558 g/mol. The Balaban J connectivity index is 1.86. The lowest BCUT2D eigenvalue weighted by atomic mass is 9.94. The zero-order valence-corrected chi connectivity index (χ0v) is 19.5. The lowest BCUT2D eigenvalue weighted by Crippen LogP contribution is -2.68. The van der Waals surface area contributed by atoms with Crippen LogP contribution in [0.3, 0.4) is 0 Å². The van der Waals surface area contributed by atoms with E-state index in [1.165, 1.54) is 0 Å². The molecule has 214 valence electrons. The largest absolute Gasteiger partial charge is 0.394 e. The van der Waals surface area contributed by atoms with Gasteiger partial charge in [0.15, 0.2) is 35.8 Å². The number of halogens is 4. The molecule has 0 aliphatic carbocycles. The van der Waals surface area contributed by atoms with Crippen molar-refractivity contribution in [2.24, 2.45) is 0 Å². The number of benzene rings is 1. The zero-order valence-electron chi connectivity index (χ0n) is 19.5. The van der Waals surface area contributed by atoms with Gasteiger partial charge in [-0.1, -0.05) is 0 Å². The topological polar surface area (TPSA) is 207 Å². The van der Waals surface area contributed by atoms with Gasteiger partial charge in [0.05, 0.1) is 24.8 Å². The van der Waals surface area contributed by atoms with Crippen LogP contribution in [0.1, 0.15) is 17.3 Å². The standard InChI is InChI=1S/C21H26F4N2O11/c1-5(30)26-14-16(32)18(9(4-29)36-20(14)35)38-21-17(33)13(15(31)8(3-28)37-21)27-19(34)6-2-7(22)11(24)12(25)10(6)23/h2,8-9,13-18,20-21,28-29,31-33,35H,3-4H2,1H3,(H,26,30)(H,27,34)/t8-,9-,13+,14-,15+,16-,17-,18-,20-,21+/m1/s1. The third-order valence-electron chi connectivity index (χ3n) is 6.06. The summed E-state index contributed by atoms with van der Waals surface area (Å²) in [5, 5.41) is 65.2. The lowest BCUT2D eigenvalue weighted by Gasteiger charge is -2.47. The van der Waals surface area contributed by atoms with E-state index in [9.17, 15) is 57.8 Å². The van der Waals surface area contributed by atoms with E-state index >= 15 is 0 Å². The summed E-state index contributed by atoms with van der Waals surface area (Å²) < 4.78 is 70.4. The van der Waals surface area contributed by atoms with Crippen LogP contribution in [0.2, 0.25) is 0 Å². The summed E-state index contributed by atoms with van der Waals surface area (Å²) in [7, 11) is 0. The first kappa shape index (κ1) is 30.1. The second kappa shape index (κ2) is 12.1. The van der Waals surface area contributed by atoms with Crippen molar-refractivity contribution in [2.45, 2.75) is 68.2 Å². The molecule has 2 heterocycles. The average Bonchev–Trinajstić information content (AvgIpc) is 2.87. The van der Waals surface area contributed by atoms with Crippen LogP contribution in [0, 0.1) is 23.3 Å². The Hall–Kier alpha value is -2.48. The van der Waals surface area contributed by atoms with Crippen LogP contribution >= 0.6 is 0 Å². The smallest absolute Gasteiger partial charge is 0.254 e. The minimum Gasteiger partial charge on any atom is -0.394 e.